The summed E-state index contributed by atoms with van der Waals surface area (Å²) in [6.45, 7) is -0.0447. The molecule has 0 aliphatic carbocycles. The fourth-order valence-corrected chi connectivity index (χ4v) is 3.66. The summed E-state index contributed by atoms with van der Waals surface area (Å²) in [7, 11) is 1.62. The molecule has 0 saturated heterocycles. The molecule has 1 heterocycles. The fraction of sp³-hybridized carbons (Fsp3) is 0.130. The van der Waals surface area contributed by atoms with Crippen molar-refractivity contribution >= 4 is 21.8 Å². The molecule has 4 aromatic rings. The first kappa shape index (κ1) is 20.7. The van der Waals surface area contributed by atoms with E-state index in [0.29, 0.717) is 5.82 Å². The van der Waals surface area contributed by atoms with Crippen molar-refractivity contribution in [1.29, 1.82) is 0 Å². The van der Waals surface area contributed by atoms with Crippen LogP contribution in [0.25, 0.3) is 11.4 Å². The maximum atomic E-state index is 12.8. The lowest BCUT2D eigenvalue weighted by Gasteiger charge is -2.20. The van der Waals surface area contributed by atoms with Crippen LogP contribution in [-0.4, -0.2) is 33.2 Å². The number of halogens is 1. The summed E-state index contributed by atoms with van der Waals surface area (Å²) in [6.07, 6.45) is 0. The molecule has 156 valence electrons. The summed E-state index contributed by atoms with van der Waals surface area (Å²) in [5, 5.41) is 15.5. The van der Waals surface area contributed by atoms with Crippen molar-refractivity contribution < 1.29 is 9.53 Å². The van der Waals surface area contributed by atoms with Gasteiger partial charge in [0.15, 0.2) is 0 Å². The molecule has 0 fully saturated rings. The number of methoxy groups -OCH3 is 1. The van der Waals surface area contributed by atoms with E-state index in [0.717, 1.165) is 26.9 Å². The fourth-order valence-electron chi connectivity index (χ4n) is 3.20. The van der Waals surface area contributed by atoms with Gasteiger partial charge in [0.2, 0.25) is 11.7 Å². The predicted molar refractivity (Wildman–Crippen MR) is 120 cm³/mol. The van der Waals surface area contributed by atoms with E-state index in [1.165, 1.54) is 4.80 Å². The van der Waals surface area contributed by atoms with Gasteiger partial charge < -0.3 is 10.1 Å². The van der Waals surface area contributed by atoms with Gasteiger partial charge in [0, 0.05) is 10.0 Å². The zero-order valence-electron chi connectivity index (χ0n) is 16.8. The molecule has 31 heavy (non-hydrogen) atoms. The Morgan fingerprint density at radius 1 is 1.00 bits per heavy atom. The van der Waals surface area contributed by atoms with Crippen molar-refractivity contribution in [2.45, 2.75) is 12.6 Å². The molecule has 0 aliphatic heterocycles. The molecule has 1 atom stereocenters. The minimum Gasteiger partial charge on any atom is -0.497 e. The van der Waals surface area contributed by atoms with Crippen LogP contribution in [0.2, 0.25) is 0 Å². The highest BCUT2D eigenvalue weighted by atomic mass is 79.9. The van der Waals surface area contributed by atoms with Gasteiger partial charge in [-0.3, -0.25) is 4.79 Å². The van der Waals surface area contributed by atoms with Gasteiger partial charge in [-0.25, -0.2) is 0 Å². The number of benzene rings is 3. The van der Waals surface area contributed by atoms with Gasteiger partial charge in [-0.15, -0.1) is 10.2 Å². The van der Waals surface area contributed by atoms with Crippen molar-refractivity contribution in [1.82, 2.24) is 25.5 Å². The van der Waals surface area contributed by atoms with Crippen molar-refractivity contribution in [3.63, 3.8) is 0 Å². The number of nitrogens with zero attached hydrogens (tertiary/aromatic N) is 4. The van der Waals surface area contributed by atoms with Crippen molar-refractivity contribution in [2.75, 3.05) is 7.11 Å². The van der Waals surface area contributed by atoms with Gasteiger partial charge in [-0.1, -0.05) is 70.5 Å². The summed E-state index contributed by atoms with van der Waals surface area (Å²) in [4.78, 5) is 14.1. The standard InChI is InChI=1S/C23H20BrN5O2/c1-31-18-13-11-17(12-14-18)22(16-7-3-2-4-8-16)25-21(30)15-29-27-23(26-28-29)19-9-5-6-10-20(19)24/h2-14,22H,15H2,1H3,(H,25,30)/t22-/m1/s1. The molecule has 0 unspecified atom stereocenters. The molecular formula is C23H20BrN5O2. The second-order valence-electron chi connectivity index (χ2n) is 6.81. The first-order valence-electron chi connectivity index (χ1n) is 9.65. The Bertz CT molecular complexity index is 1160. The van der Waals surface area contributed by atoms with Crippen LogP contribution in [0.5, 0.6) is 5.75 Å². The van der Waals surface area contributed by atoms with Crippen molar-refractivity contribution in [2.24, 2.45) is 0 Å². The minimum absolute atomic E-state index is 0.0447. The van der Waals surface area contributed by atoms with Gasteiger partial charge in [0.05, 0.1) is 13.2 Å². The average Bonchev–Trinajstić information content (AvgIpc) is 3.26. The lowest BCUT2D eigenvalue weighted by Crippen LogP contribution is -2.32. The third-order valence-electron chi connectivity index (χ3n) is 4.74. The van der Waals surface area contributed by atoms with Crippen LogP contribution >= 0.6 is 15.9 Å². The number of hydrogen-bond donors (Lipinski definition) is 1. The van der Waals surface area contributed by atoms with Crippen LogP contribution in [0.1, 0.15) is 17.2 Å². The monoisotopic (exact) mass is 477 g/mol. The Morgan fingerprint density at radius 3 is 2.39 bits per heavy atom. The number of carbonyl (C=O) groups excluding carboxylic acids is 1. The largest absolute Gasteiger partial charge is 0.497 e. The average molecular weight is 478 g/mol. The predicted octanol–water partition coefficient (Wildman–Crippen LogP) is 4.02. The third-order valence-corrected chi connectivity index (χ3v) is 5.43. The Balaban J connectivity index is 1.52. The van der Waals surface area contributed by atoms with Gasteiger partial charge in [-0.2, -0.15) is 4.80 Å². The SMILES string of the molecule is COc1ccc([C@H](NC(=O)Cn2nnc(-c3ccccc3Br)n2)c2ccccc2)cc1. The Labute approximate surface area is 188 Å². The highest BCUT2D eigenvalue weighted by Gasteiger charge is 2.18. The van der Waals surface area contributed by atoms with E-state index in [1.807, 2.05) is 78.9 Å². The number of aromatic nitrogens is 4. The summed E-state index contributed by atoms with van der Waals surface area (Å²) in [6, 6.07) is 24.7. The van der Waals surface area contributed by atoms with E-state index >= 15 is 0 Å². The normalized spacial score (nSPS) is 11.7. The van der Waals surface area contributed by atoms with Crippen molar-refractivity contribution in [3.8, 4) is 17.1 Å². The molecule has 4 rings (SSSR count). The third kappa shape index (κ3) is 4.97. The number of amides is 1. The highest BCUT2D eigenvalue weighted by molar-refractivity contribution is 9.10. The van der Waals surface area contributed by atoms with E-state index in [4.69, 9.17) is 4.74 Å². The second kappa shape index (κ2) is 9.53. The molecule has 0 radical (unpaired) electrons. The zero-order valence-corrected chi connectivity index (χ0v) is 18.4. The van der Waals surface area contributed by atoms with Gasteiger partial charge in [0.1, 0.15) is 12.3 Å². The lowest BCUT2D eigenvalue weighted by molar-refractivity contribution is -0.122. The Hall–Kier alpha value is -3.52. The summed E-state index contributed by atoms with van der Waals surface area (Å²) >= 11 is 3.48. The van der Waals surface area contributed by atoms with Gasteiger partial charge in [-0.05, 0) is 40.6 Å². The number of tetrazole rings is 1. The molecule has 0 spiro atoms. The van der Waals surface area contributed by atoms with E-state index in [1.54, 1.807) is 7.11 Å². The van der Waals surface area contributed by atoms with Crippen LogP contribution in [-0.2, 0) is 11.3 Å². The lowest BCUT2D eigenvalue weighted by atomic mass is 9.98. The van der Waals surface area contributed by atoms with Gasteiger partial charge >= 0.3 is 0 Å². The summed E-state index contributed by atoms with van der Waals surface area (Å²) in [5.74, 6) is 0.990. The molecule has 0 aliphatic rings. The molecule has 7 nitrogen and oxygen atoms in total. The molecule has 1 amide bonds. The molecule has 8 heteroatoms. The van der Waals surface area contributed by atoms with Gasteiger partial charge in [0.25, 0.3) is 0 Å². The van der Waals surface area contributed by atoms with E-state index in [2.05, 4.69) is 36.7 Å². The summed E-state index contributed by atoms with van der Waals surface area (Å²) < 4.78 is 6.11. The Kier molecular flexibility index (Phi) is 6.37. The van der Waals surface area contributed by atoms with Crippen LogP contribution in [0.4, 0.5) is 0 Å². The smallest absolute Gasteiger partial charge is 0.244 e. The molecule has 0 saturated carbocycles. The first-order valence-corrected chi connectivity index (χ1v) is 10.4. The molecular weight excluding hydrogens is 458 g/mol. The maximum Gasteiger partial charge on any atom is 0.244 e. The number of nitrogens with one attached hydrogen (secondary N) is 1. The van der Waals surface area contributed by atoms with Crippen LogP contribution < -0.4 is 10.1 Å². The number of hydrogen-bond acceptors (Lipinski definition) is 5. The second-order valence-corrected chi connectivity index (χ2v) is 7.66. The zero-order chi connectivity index (χ0) is 21.6. The van der Waals surface area contributed by atoms with Crippen LogP contribution in [0, 0.1) is 0 Å². The molecule has 1 aromatic heterocycles. The molecule has 1 N–H and O–H groups in total. The first-order chi connectivity index (χ1) is 15.1. The maximum absolute atomic E-state index is 12.8. The highest BCUT2D eigenvalue weighted by Crippen LogP contribution is 2.25. The van der Waals surface area contributed by atoms with E-state index < -0.39 is 0 Å². The number of ether oxygens (including phenoxy) is 1. The van der Waals surface area contributed by atoms with E-state index in [9.17, 15) is 4.79 Å². The number of carbonyl (C=O) groups is 1. The number of rotatable bonds is 7. The Morgan fingerprint density at radius 2 is 1.68 bits per heavy atom. The minimum atomic E-state index is -0.314. The quantitative estimate of drug-likeness (QED) is 0.434. The van der Waals surface area contributed by atoms with Crippen LogP contribution in [0.3, 0.4) is 0 Å². The molecule has 0 bridgehead atoms. The van der Waals surface area contributed by atoms with Crippen LogP contribution in [0.15, 0.2) is 83.3 Å². The molecule has 3 aromatic carbocycles. The van der Waals surface area contributed by atoms with Crippen molar-refractivity contribution in [3.05, 3.63) is 94.5 Å². The summed E-state index contributed by atoms with van der Waals surface area (Å²) in [5.41, 5.74) is 2.73. The topological polar surface area (TPSA) is 81.9 Å². The van der Waals surface area contributed by atoms with E-state index in [-0.39, 0.29) is 18.5 Å².